The maximum Gasteiger partial charge on any atom is 0.271 e. The largest absolute Gasteiger partial charge is 0.371 e. The number of fused-ring (bicyclic) bond motifs is 1. The first-order valence-corrected chi connectivity index (χ1v) is 19.8. The van der Waals surface area contributed by atoms with Crippen molar-refractivity contribution in [3.63, 3.8) is 0 Å². The average Bonchev–Trinajstić information content (AvgIpc) is 3.66. The summed E-state index contributed by atoms with van der Waals surface area (Å²) >= 11 is 0. The lowest BCUT2D eigenvalue weighted by molar-refractivity contribution is -0.136. The number of hydrogen-bond donors (Lipinski definition) is 4. The molecular weight excluding hydrogens is 731 g/mol. The number of carbonyl (C=O) groups is 5. The quantitative estimate of drug-likeness (QED) is 0.239. The molecule has 5 saturated heterocycles. The number of rotatable bonds is 8. The Morgan fingerprint density at radius 3 is 2.37 bits per heavy atom. The van der Waals surface area contributed by atoms with Crippen molar-refractivity contribution in [3.8, 4) is 0 Å². The number of aromatic nitrogens is 2. The van der Waals surface area contributed by atoms with Crippen LogP contribution in [0.5, 0.6) is 0 Å². The molecule has 5 N–H and O–H groups in total. The minimum Gasteiger partial charge on any atom is -0.371 e. The van der Waals surface area contributed by atoms with Crippen molar-refractivity contribution in [3.05, 3.63) is 65.5 Å². The van der Waals surface area contributed by atoms with Crippen molar-refractivity contribution in [2.75, 3.05) is 79.4 Å². The van der Waals surface area contributed by atoms with Crippen LogP contribution in [-0.4, -0.2) is 137 Å². The van der Waals surface area contributed by atoms with Gasteiger partial charge in [-0.05, 0) is 81.6 Å². The Morgan fingerprint density at radius 1 is 0.895 bits per heavy atom. The van der Waals surface area contributed by atoms with E-state index < -0.39 is 41.9 Å². The molecule has 1 spiro atoms. The van der Waals surface area contributed by atoms with Gasteiger partial charge in [0.1, 0.15) is 11.9 Å². The Labute approximate surface area is 329 Å². The minimum atomic E-state index is -0.992. The van der Waals surface area contributed by atoms with Crippen LogP contribution in [-0.2, 0) is 9.59 Å². The van der Waals surface area contributed by atoms with E-state index in [9.17, 15) is 29.1 Å². The van der Waals surface area contributed by atoms with Crippen LogP contribution in [0.4, 0.5) is 28.7 Å². The molecule has 2 aromatic carbocycles. The van der Waals surface area contributed by atoms with Crippen LogP contribution in [0.2, 0.25) is 0 Å². The number of nitrogens with one attached hydrogen (secondary N) is 2. The van der Waals surface area contributed by atoms with Gasteiger partial charge in [-0.15, -0.1) is 0 Å². The molecule has 0 bridgehead atoms. The van der Waals surface area contributed by atoms with Gasteiger partial charge in [-0.25, -0.2) is 9.97 Å². The van der Waals surface area contributed by atoms with E-state index in [1.807, 2.05) is 30.1 Å². The molecule has 17 heteroatoms. The number of nitrogens with two attached hydrogens (primary N) is 1. The zero-order chi connectivity index (χ0) is 39.6. The SMILES string of the molecule is CN1CCN([C@H]2CCCN(c3cnc(C(N)=O)c(Nc4ccc(N5CCCC6(C5)CN(c5ccc7c(c5)C(=O)N(C5CCC(=O)NC5=O)C7=O)C6)cc4)n3)C2)C1O. The van der Waals surface area contributed by atoms with Gasteiger partial charge in [0.05, 0.1) is 17.3 Å². The molecule has 3 atom stereocenters. The third kappa shape index (κ3) is 6.72. The number of amides is 5. The van der Waals surface area contributed by atoms with E-state index in [1.165, 1.54) is 0 Å². The number of aliphatic hydroxyl groups excluding tert-OH is 1. The number of likely N-dealkylation sites (N-methyl/N-ethyl adjacent to an activating group) is 1. The summed E-state index contributed by atoms with van der Waals surface area (Å²) in [4.78, 5) is 84.2. The lowest BCUT2D eigenvalue weighted by Crippen LogP contribution is -2.63. The zero-order valence-electron chi connectivity index (χ0n) is 31.9. The molecule has 9 rings (SSSR count). The third-order valence-electron chi connectivity index (χ3n) is 12.6. The fourth-order valence-corrected chi connectivity index (χ4v) is 9.54. The minimum absolute atomic E-state index is 0.0615. The maximum atomic E-state index is 13.4. The first kappa shape index (κ1) is 37.0. The second-order valence-electron chi connectivity index (χ2n) is 16.3. The lowest BCUT2D eigenvalue weighted by atomic mass is 9.73. The molecule has 5 fully saturated rings. The van der Waals surface area contributed by atoms with E-state index in [0.717, 1.165) is 93.5 Å². The summed E-state index contributed by atoms with van der Waals surface area (Å²) in [5.41, 5.74) is 9.10. The lowest BCUT2D eigenvalue weighted by Gasteiger charge is -2.56. The van der Waals surface area contributed by atoms with Crippen LogP contribution in [0, 0.1) is 5.41 Å². The van der Waals surface area contributed by atoms with Gasteiger partial charge in [0.2, 0.25) is 11.8 Å². The number of nitrogens with zero attached hydrogens (tertiary/aromatic N) is 8. The van der Waals surface area contributed by atoms with E-state index in [0.29, 0.717) is 18.2 Å². The number of hydrogen-bond acceptors (Lipinski definition) is 14. The number of anilines is 5. The predicted octanol–water partition coefficient (Wildman–Crippen LogP) is 1.32. The summed E-state index contributed by atoms with van der Waals surface area (Å²) in [6.45, 7) is 6.50. The average molecular weight is 778 g/mol. The van der Waals surface area contributed by atoms with Gasteiger partial charge >= 0.3 is 0 Å². The topological polar surface area (TPSA) is 201 Å². The Hall–Kier alpha value is -5.65. The van der Waals surface area contributed by atoms with E-state index in [4.69, 9.17) is 10.7 Å². The van der Waals surface area contributed by atoms with Crippen molar-refractivity contribution in [1.82, 2.24) is 30.0 Å². The van der Waals surface area contributed by atoms with E-state index in [2.05, 4.69) is 47.3 Å². The number of primary amides is 1. The number of aliphatic hydroxyl groups is 1. The second-order valence-corrected chi connectivity index (χ2v) is 16.3. The van der Waals surface area contributed by atoms with Gasteiger partial charge < -0.3 is 30.9 Å². The van der Waals surface area contributed by atoms with Crippen LogP contribution in [0.1, 0.15) is 69.7 Å². The van der Waals surface area contributed by atoms with E-state index in [-0.39, 0.29) is 41.1 Å². The van der Waals surface area contributed by atoms with Gasteiger partial charge in [-0.2, -0.15) is 0 Å². The molecule has 57 heavy (non-hydrogen) atoms. The monoisotopic (exact) mass is 777 g/mol. The fourth-order valence-electron chi connectivity index (χ4n) is 9.54. The Kier molecular flexibility index (Phi) is 9.32. The molecule has 3 aromatic rings. The van der Waals surface area contributed by atoms with Gasteiger partial charge in [-0.1, -0.05) is 0 Å². The Morgan fingerprint density at radius 2 is 1.63 bits per heavy atom. The van der Waals surface area contributed by atoms with E-state index in [1.54, 1.807) is 18.3 Å². The second kappa shape index (κ2) is 14.4. The Bertz CT molecular complexity index is 2140. The number of carbonyl (C=O) groups excluding carboxylic acids is 5. The van der Waals surface area contributed by atoms with Crippen molar-refractivity contribution < 1.29 is 29.1 Å². The summed E-state index contributed by atoms with van der Waals surface area (Å²) in [7, 11) is 1.92. The predicted molar refractivity (Wildman–Crippen MR) is 210 cm³/mol. The summed E-state index contributed by atoms with van der Waals surface area (Å²) < 4.78 is 0. The summed E-state index contributed by atoms with van der Waals surface area (Å²) in [6.07, 6.45) is 5.23. The summed E-state index contributed by atoms with van der Waals surface area (Å²) in [5, 5.41) is 16.2. The van der Waals surface area contributed by atoms with Crippen molar-refractivity contribution in [2.45, 2.75) is 57.0 Å². The van der Waals surface area contributed by atoms with E-state index >= 15 is 0 Å². The van der Waals surface area contributed by atoms with Gasteiger partial charge in [0.15, 0.2) is 17.9 Å². The van der Waals surface area contributed by atoms with Crippen LogP contribution < -0.4 is 31.1 Å². The maximum absolute atomic E-state index is 13.4. The number of piperidine rings is 3. The molecule has 0 radical (unpaired) electrons. The van der Waals surface area contributed by atoms with Crippen LogP contribution in [0.3, 0.4) is 0 Å². The Balaban J connectivity index is 0.841. The summed E-state index contributed by atoms with van der Waals surface area (Å²) in [5.74, 6) is -1.76. The molecule has 298 valence electrons. The van der Waals surface area contributed by atoms with Crippen LogP contribution in [0.15, 0.2) is 48.7 Å². The number of benzene rings is 2. The highest BCUT2D eigenvalue weighted by atomic mass is 16.3. The molecule has 6 aliphatic heterocycles. The zero-order valence-corrected chi connectivity index (χ0v) is 31.9. The molecule has 1 aromatic heterocycles. The molecule has 0 aliphatic carbocycles. The normalized spacial score (nSPS) is 25.2. The molecule has 17 nitrogen and oxygen atoms in total. The van der Waals surface area contributed by atoms with Crippen molar-refractivity contribution in [1.29, 1.82) is 0 Å². The molecule has 2 unspecified atom stereocenters. The van der Waals surface area contributed by atoms with Gasteiger partial charge in [-0.3, -0.25) is 44.0 Å². The summed E-state index contributed by atoms with van der Waals surface area (Å²) in [6, 6.07) is 12.5. The van der Waals surface area contributed by atoms with Crippen LogP contribution in [0.25, 0.3) is 0 Å². The standard InChI is InChI=1S/C40H47N11O6/c1-46-16-17-50(39(46)57)27-4-2-14-47(20-27)31-19-42-33(34(41)53)35(44-31)43-24-5-7-25(8-6-24)48-15-3-13-40(21-48)22-49(23-40)26-9-10-28-29(18-26)38(56)51(37(28)55)30-11-12-32(52)45-36(30)54/h5-10,18-19,27,30,39,57H,2-4,11-17,20-23H2,1H3,(H2,41,53)(H,43,44)(H,45,52,54)/t27-,30?,39?/m0/s1. The molecular formula is C40H47N11O6. The van der Waals surface area contributed by atoms with Crippen molar-refractivity contribution >= 4 is 58.2 Å². The van der Waals surface area contributed by atoms with Gasteiger partial charge in [0.25, 0.3) is 17.7 Å². The highest BCUT2D eigenvalue weighted by Crippen LogP contribution is 2.43. The van der Waals surface area contributed by atoms with Crippen molar-refractivity contribution in [2.24, 2.45) is 11.1 Å². The molecule has 0 saturated carbocycles. The first-order valence-electron chi connectivity index (χ1n) is 19.8. The highest BCUT2D eigenvalue weighted by molar-refractivity contribution is 6.23. The number of imide groups is 2. The highest BCUT2D eigenvalue weighted by Gasteiger charge is 2.48. The first-order chi connectivity index (χ1) is 27.5. The molecule has 5 amide bonds. The molecule has 6 aliphatic rings. The smallest absolute Gasteiger partial charge is 0.271 e. The van der Waals surface area contributed by atoms with Crippen LogP contribution >= 0.6 is 0 Å². The van der Waals surface area contributed by atoms with Gasteiger partial charge in [0, 0.05) is 87.3 Å². The fraction of sp³-hybridized carbons (Fsp3) is 0.475. The molecule has 7 heterocycles. The third-order valence-corrected chi connectivity index (χ3v) is 12.6.